The van der Waals surface area contributed by atoms with E-state index in [9.17, 15) is 15.0 Å². The van der Waals surface area contributed by atoms with Gasteiger partial charge in [-0.2, -0.15) is 0 Å². The van der Waals surface area contributed by atoms with Gasteiger partial charge in [-0.05, 0) is 0 Å². The molecule has 10 nitrogen and oxygen atoms in total. The Morgan fingerprint density at radius 1 is 1.38 bits per heavy atom. The number of fused-ring (bicyclic) bond motifs is 1. The van der Waals surface area contributed by atoms with E-state index in [0.717, 1.165) is 0 Å². The third kappa shape index (κ3) is 2.05. The summed E-state index contributed by atoms with van der Waals surface area (Å²) in [6.07, 6.45) is -2.71. The molecule has 1 aliphatic rings. The number of ether oxygens (including phenoxy) is 1. The molecule has 4 atom stereocenters. The van der Waals surface area contributed by atoms with Gasteiger partial charge in [-0.3, -0.25) is 9.36 Å². The number of carbonyl (C=O) groups is 1. The lowest BCUT2D eigenvalue weighted by atomic mass is 10.1. The Hall–Kier alpha value is -2.14. The third-order valence-corrected chi connectivity index (χ3v) is 3.36. The molecule has 0 spiro atoms. The predicted molar refractivity (Wildman–Crippen MR) is 68.1 cm³/mol. The van der Waals surface area contributed by atoms with Crippen molar-refractivity contribution in [2.24, 2.45) is 0 Å². The molecule has 1 aliphatic heterocycles. The average Bonchev–Trinajstić information content (AvgIpc) is 3.02. The summed E-state index contributed by atoms with van der Waals surface area (Å²) < 4.78 is 6.72. The molecule has 1 saturated heterocycles. The largest absolute Gasteiger partial charge is 0.394 e. The summed E-state index contributed by atoms with van der Waals surface area (Å²) in [5.41, 5.74) is 6.12. The number of aliphatic hydroxyl groups excluding tert-OH is 3. The van der Waals surface area contributed by atoms with Crippen molar-refractivity contribution in [2.75, 3.05) is 12.3 Å². The average molecular weight is 295 g/mol. The van der Waals surface area contributed by atoms with Crippen LogP contribution in [-0.2, 0) is 4.74 Å². The van der Waals surface area contributed by atoms with Crippen LogP contribution >= 0.6 is 0 Å². The van der Waals surface area contributed by atoms with E-state index in [2.05, 4.69) is 15.0 Å². The number of hydrogen-bond acceptors (Lipinski definition) is 9. The fraction of sp³-hybridized carbons (Fsp3) is 0.455. The van der Waals surface area contributed by atoms with Gasteiger partial charge in [0, 0.05) is 0 Å². The second-order valence-corrected chi connectivity index (χ2v) is 4.64. The molecular formula is C11H13N5O5. The lowest BCUT2D eigenvalue weighted by Gasteiger charge is -2.16. The normalized spacial score (nSPS) is 29.1. The summed E-state index contributed by atoms with van der Waals surface area (Å²) in [7, 11) is 0. The second-order valence-electron chi connectivity index (χ2n) is 4.64. The lowest BCUT2D eigenvalue weighted by molar-refractivity contribution is -0.0511. The van der Waals surface area contributed by atoms with Crippen molar-refractivity contribution in [3.05, 3.63) is 12.2 Å². The number of aldehydes is 1. The summed E-state index contributed by atoms with van der Waals surface area (Å²) in [5, 5.41) is 28.9. The van der Waals surface area contributed by atoms with Gasteiger partial charge in [-0.1, -0.05) is 0 Å². The van der Waals surface area contributed by atoms with E-state index in [1.54, 1.807) is 0 Å². The van der Waals surface area contributed by atoms with Crippen molar-refractivity contribution in [2.45, 2.75) is 24.5 Å². The Balaban J connectivity index is 2.09. The quantitative estimate of drug-likeness (QED) is 0.462. The van der Waals surface area contributed by atoms with Gasteiger partial charge in [-0.25, -0.2) is 15.0 Å². The Labute approximate surface area is 117 Å². The number of rotatable bonds is 3. The SMILES string of the molecule is Nc1nc(C=O)nc2c1ncn2[C@H]1O[C@@H](CO)[C@@H](O)[C@H]1O. The zero-order valence-corrected chi connectivity index (χ0v) is 10.7. The Bertz CT molecular complexity index is 689. The molecule has 0 aromatic carbocycles. The minimum atomic E-state index is -1.28. The lowest BCUT2D eigenvalue weighted by Crippen LogP contribution is -2.33. The maximum Gasteiger partial charge on any atom is 0.196 e. The molecule has 21 heavy (non-hydrogen) atoms. The minimum absolute atomic E-state index is 0.0209. The van der Waals surface area contributed by atoms with Gasteiger partial charge < -0.3 is 25.8 Å². The fourth-order valence-electron chi connectivity index (χ4n) is 2.30. The topological polar surface area (TPSA) is 157 Å². The van der Waals surface area contributed by atoms with Crippen LogP contribution in [0.3, 0.4) is 0 Å². The van der Waals surface area contributed by atoms with Gasteiger partial charge in [-0.15, -0.1) is 0 Å². The number of nitrogens with two attached hydrogens (primary N) is 1. The summed E-state index contributed by atoms with van der Waals surface area (Å²) in [6.45, 7) is -0.446. The number of hydrogen-bond donors (Lipinski definition) is 4. The van der Waals surface area contributed by atoms with E-state index in [4.69, 9.17) is 15.6 Å². The highest BCUT2D eigenvalue weighted by molar-refractivity contribution is 5.84. The van der Waals surface area contributed by atoms with E-state index >= 15 is 0 Å². The van der Waals surface area contributed by atoms with Crippen LogP contribution < -0.4 is 5.73 Å². The van der Waals surface area contributed by atoms with Crippen LogP contribution in [0.4, 0.5) is 5.82 Å². The van der Waals surface area contributed by atoms with Crippen molar-refractivity contribution < 1.29 is 24.9 Å². The van der Waals surface area contributed by atoms with E-state index in [1.807, 2.05) is 0 Å². The summed E-state index contributed by atoms with van der Waals surface area (Å²) in [5.74, 6) is -0.110. The summed E-state index contributed by atoms with van der Waals surface area (Å²) in [4.78, 5) is 22.5. The van der Waals surface area contributed by atoms with Crippen LogP contribution in [0.15, 0.2) is 6.33 Å². The first kappa shape index (κ1) is 13.8. The van der Waals surface area contributed by atoms with Crippen LogP contribution in [0, 0.1) is 0 Å². The second kappa shape index (κ2) is 5.00. The number of aliphatic hydroxyl groups is 3. The van der Waals surface area contributed by atoms with Gasteiger partial charge in [0.25, 0.3) is 0 Å². The first-order valence-electron chi connectivity index (χ1n) is 6.14. The monoisotopic (exact) mass is 295 g/mol. The van der Waals surface area contributed by atoms with Crippen LogP contribution in [0.25, 0.3) is 11.2 Å². The molecule has 5 N–H and O–H groups in total. The Morgan fingerprint density at radius 2 is 2.14 bits per heavy atom. The Morgan fingerprint density at radius 3 is 2.76 bits per heavy atom. The van der Waals surface area contributed by atoms with Crippen LogP contribution in [0.1, 0.15) is 16.8 Å². The molecule has 112 valence electrons. The maximum atomic E-state index is 10.8. The number of anilines is 1. The van der Waals surface area contributed by atoms with Crippen LogP contribution in [-0.4, -0.2) is 66.0 Å². The van der Waals surface area contributed by atoms with Gasteiger partial charge in [0.15, 0.2) is 29.8 Å². The fourth-order valence-corrected chi connectivity index (χ4v) is 2.30. The maximum absolute atomic E-state index is 10.8. The van der Waals surface area contributed by atoms with Gasteiger partial charge in [0.05, 0.1) is 12.9 Å². The molecule has 0 saturated carbocycles. The van der Waals surface area contributed by atoms with Crippen molar-refractivity contribution in [3.63, 3.8) is 0 Å². The number of nitrogens with zero attached hydrogens (tertiary/aromatic N) is 4. The summed E-state index contributed by atoms with van der Waals surface area (Å²) >= 11 is 0. The van der Waals surface area contributed by atoms with E-state index < -0.39 is 31.1 Å². The zero-order chi connectivity index (χ0) is 15.1. The molecule has 0 radical (unpaired) electrons. The molecular weight excluding hydrogens is 282 g/mol. The molecule has 0 bridgehead atoms. The molecule has 0 aliphatic carbocycles. The highest BCUT2D eigenvalue weighted by Gasteiger charge is 2.44. The number of imidazole rings is 1. The van der Waals surface area contributed by atoms with Crippen LogP contribution in [0.2, 0.25) is 0 Å². The van der Waals surface area contributed by atoms with Gasteiger partial charge in [0.2, 0.25) is 0 Å². The smallest absolute Gasteiger partial charge is 0.196 e. The molecule has 0 amide bonds. The summed E-state index contributed by atoms with van der Waals surface area (Å²) in [6, 6.07) is 0. The van der Waals surface area contributed by atoms with Crippen molar-refractivity contribution in [1.82, 2.24) is 19.5 Å². The zero-order valence-electron chi connectivity index (χ0n) is 10.7. The predicted octanol–water partition coefficient (Wildman–Crippen LogP) is -2.17. The highest BCUT2D eigenvalue weighted by Crippen LogP contribution is 2.31. The van der Waals surface area contributed by atoms with Crippen molar-refractivity contribution in [3.8, 4) is 0 Å². The minimum Gasteiger partial charge on any atom is -0.394 e. The molecule has 0 unspecified atom stereocenters. The number of carbonyl (C=O) groups excluding carboxylic acids is 1. The molecule has 3 rings (SSSR count). The number of nitrogen functional groups attached to an aromatic ring is 1. The van der Waals surface area contributed by atoms with Crippen molar-refractivity contribution >= 4 is 23.3 Å². The van der Waals surface area contributed by atoms with E-state index in [1.165, 1.54) is 10.9 Å². The first-order valence-corrected chi connectivity index (χ1v) is 6.14. The Kier molecular flexibility index (Phi) is 3.29. The van der Waals surface area contributed by atoms with E-state index in [0.29, 0.717) is 6.29 Å². The van der Waals surface area contributed by atoms with E-state index in [-0.39, 0.29) is 22.8 Å². The number of aromatic nitrogens is 4. The third-order valence-electron chi connectivity index (χ3n) is 3.36. The highest BCUT2D eigenvalue weighted by atomic mass is 16.6. The van der Waals surface area contributed by atoms with Gasteiger partial charge in [0.1, 0.15) is 23.8 Å². The first-order chi connectivity index (χ1) is 10.1. The van der Waals surface area contributed by atoms with Crippen LogP contribution in [0.5, 0.6) is 0 Å². The van der Waals surface area contributed by atoms with Gasteiger partial charge >= 0.3 is 0 Å². The molecule has 2 aromatic heterocycles. The molecule has 10 heteroatoms. The molecule has 3 heterocycles. The molecule has 1 fully saturated rings. The standard InChI is InChI=1S/C11H13N5O5/c12-9-6-10(15-5(2-18)14-9)16(3-13-6)11-8(20)7(19)4(1-17)21-11/h2-4,7-8,11,17,19-20H,1H2,(H2,12,14,15)/t4-,7+,8+,11-/m0/s1. The molecule has 2 aromatic rings. The van der Waals surface area contributed by atoms with Crippen molar-refractivity contribution in [1.29, 1.82) is 0 Å².